The highest BCUT2D eigenvalue weighted by Gasteiger charge is 2.22. The third-order valence-electron chi connectivity index (χ3n) is 3.32. The van der Waals surface area contributed by atoms with Gasteiger partial charge in [-0.2, -0.15) is 0 Å². The normalized spacial score (nSPS) is 17.0. The van der Waals surface area contributed by atoms with Crippen LogP contribution in [0, 0.1) is 17.0 Å². The summed E-state index contributed by atoms with van der Waals surface area (Å²) in [6.45, 7) is 2.61. The Morgan fingerprint density at radius 2 is 2.18 bits per heavy atom. The Balaban J connectivity index is 1.96. The molecule has 1 fully saturated rings. The number of aryl methyl sites for hydroxylation is 1. The SMILES string of the molecule is Cc1ccc(NC(=O)C(=O)NC[C@@H]2CCCO2)c([N+](=O)[O-])c1. The number of anilines is 1. The van der Waals surface area contributed by atoms with Crippen LogP contribution in [0.15, 0.2) is 18.2 Å². The molecule has 2 amide bonds. The molecule has 1 aliphatic heterocycles. The Morgan fingerprint density at radius 3 is 2.82 bits per heavy atom. The first-order chi connectivity index (χ1) is 10.5. The van der Waals surface area contributed by atoms with E-state index >= 15 is 0 Å². The first-order valence-electron chi connectivity index (χ1n) is 6.93. The molecule has 1 aromatic rings. The van der Waals surface area contributed by atoms with Crippen LogP contribution < -0.4 is 10.6 Å². The van der Waals surface area contributed by atoms with Crippen LogP contribution in [0.3, 0.4) is 0 Å². The zero-order valence-corrected chi connectivity index (χ0v) is 12.1. The van der Waals surface area contributed by atoms with Gasteiger partial charge < -0.3 is 15.4 Å². The van der Waals surface area contributed by atoms with E-state index in [2.05, 4.69) is 10.6 Å². The van der Waals surface area contributed by atoms with Crippen molar-refractivity contribution in [3.63, 3.8) is 0 Å². The number of amides is 2. The third kappa shape index (κ3) is 4.01. The van der Waals surface area contributed by atoms with E-state index in [1.165, 1.54) is 12.1 Å². The first kappa shape index (κ1) is 15.9. The molecule has 8 heteroatoms. The summed E-state index contributed by atoms with van der Waals surface area (Å²) < 4.78 is 5.33. The van der Waals surface area contributed by atoms with Crippen molar-refractivity contribution >= 4 is 23.2 Å². The smallest absolute Gasteiger partial charge is 0.313 e. The lowest BCUT2D eigenvalue weighted by Crippen LogP contribution is -2.39. The summed E-state index contributed by atoms with van der Waals surface area (Å²) >= 11 is 0. The molecule has 0 aliphatic carbocycles. The van der Waals surface area contributed by atoms with Crippen LogP contribution in [0.5, 0.6) is 0 Å². The van der Waals surface area contributed by atoms with Gasteiger partial charge in [-0.05, 0) is 31.4 Å². The summed E-state index contributed by atoms with van der Waals surface area (Å²) in [6, 6.07) is 4.35. The number of nitro benzene ring substituents is 1. The van der Waals surface area contributed by atoms with Gasteiger partial charge in [0.25, 0.3) is 5.69 Å². The maximum atomic E-state index is 11.8. The molecular weight excluding hydrogens is 290 g/mol. The third-order valence-corrected chi connectivity index (χ3v) is 3.32. The Kier molecular flexibility index (Phi) is 5.05. The van der Waals surface area contributed by atoms with Crippen molar-refractivity contribution in [1.82, 2.24) is 5.32 Å². The summed E-state index contributed by atoms with van der Waals surface area (Å²) in [5.41, 5.74) is 0.431. The van der Waals surface area contributed by atoms with Crippen LogP contribution in [0.1, 0.15) is 18.4 Å². The van der Waals surface area contributed by atoms with Crippen molar-refractivity contribution in [2.45, 2.75) is 25.9 Å². The topological polar surface area (TPSA) is 111 Å². The molecule has 1 saturated heterocycles. The van der Waals surface area contributed by atoms with Crippen molar-refractivity contribution in [3.05, 3.63) is 33.9 Å². The van der Waals surface area contributed by atoms with E-state index in [-0.39, 0.29) is 24.0 Å². The van der Waals surface area contributed by atoms with Crippen molar-refractivity contribution in [3.8, 4) is 0 Å². The minimum Gasteiger partial charge on any atom is -0.376 e. The number of benzene rings is 1. The number of hydrogen-bond acceptors (Lipinski definition) is 5. The van der Waals surface area contributed by atoms with Crippen molar-refractivity contribution in [2.75, 3.05) is 18.5 Å². The summed E-state index contributed by atoms with van der Waals surface area (Å²) in [5, 5.41) is 15.7. The largest absolute Gasteiger partial charge is 0.376 e. The Morgan fingerprint density at radius 1 is 1.41 bits per heavy atom. The molecule has 118 valence electrons. The molecule has 1 heterocycles. The average Bonchev–Trinajstić information content (AvgIpc) is 2.99. The fourth-order valence-electron chi connectivity index (χ4n) is 2.17. The minimum absolute atomic E-state index is 0.00661. The van der Waals surface area contributed by atoms with Gasteiger partial charge in [-0.15, -0.1) is 0 Å². The van der Waals surface area contributed by atoms with E-state index < -0.39 is 16.7 Å². The van der Waals surface area contributed by atoms with E-state index in [9.17, 15) is 19.7 Å². The number of carbonyl (C=O) groups excluding carboxylic acids is 2. The second-order valence-electron chi connectivity index (χ2n) is 5.08. The summed E-state index contributed by atoms with van der Waals surface area (Å²) in [4.78, 5) is 33.9. The van der Waals surface area contributed by atoms with Gasteiger partial charge in [0.1, 0.15) is 5.69 Å². The van der Waals surface area contributed by atoms with Gasteiger partial charge in [-0.3, -0.25) is 19.7 Å². The maximum absolute atomic E-state index is 11.8. The standard InChI is InChI=1S/C14H17N3O5/c1-9-4-5-11(12(7-9)17(20)21)16-14(19)13(18)15-8-10-3-2-6-22-10/h4-5,7,10H,2-3,6,8H2,1H3,(H,15,18)(H,16,19)/t10-/m0/s1. The van der Waals surface area contributed by atoms with Crippen LogP contribution in [0.4, 0.5) is 11.4 Å². The minimum atomic E-state index is -0.940. The van der Waals surface area contributed by atoms with E-state index in [1.807, 2.05) is 0 Å². The second-order valence-corrected chi connectivity index (χ2v) is 5.08. The second kappa shape index (κ2) is 6.99. The number of nitro groups is 1. The van der Waals surface area contributed by atoms with Crippen molar-refractivity contribution < 1.29 is 19.2 Å². The number of ether oxygens (including phenoxy) is 1. The molecule has 0 unspecified atom stereocenters. The molecule has 2 rings (SSSR count). The van der Waals surface area contributed by atoms with E-state index in [1.54, 1.807) is 13.0 Å². The monoisotopic (exact) mass is 307 g/mol. The summed E-state index contributed by atoms with van der Waals surface area (Å²) in [5.74, 6) is -1.78. The van der Waals surface area contributed by atoms with E-state index in [0.717, 1.165) is 12.8 Å². The molecule has 1 aromatic carbocycles. The predicted octanol–water partition coefficient (Wildman–Crippen LogP) is 1.14. The van der Waals surface area contributed by atoms with Gasteiger partial charge in [-0.1, -0.05) is 6.07 Å². The highest BCUT2D eigenvalue weighted by atomic mass is 16.6. The number of hydrogen-bond donors (Lipinski definition) is 2. The molecule has 8 nitrogen and oxygen atoms in total. The fraction of sp³-hybridized carbons (Fsp3) is 0.429. The number of carbonyl (C=O) groups is 2. The molecule has 2 N–H and O–H groups in total. The Labute approximate surface area is 127 Å². The van der Waals surface area contributed by atoms with Crippen molar-refractivity contribution in [2.24, 2.45) is 0 Å². The van der Waals surface area contributed by atoms with Gasteiger partial charge in [0, 0.05) is 19.2 Å². The molecule has 0 saturated carbocycles. The van der Waals surface area contributed by atoms with Crippen molar-refractivity contribution in [1.29, 1.82) is 0 Å². The molecule has 22 heavy (non-hydrogen) atoms. The van der Waals surface area contributed by atoms with Crippen LogP contribution in [0.2, 0.25) is 0 Å². The number of rotatable bonds is 4. The Hall–Kier alpha value is -2.48. The van der Waals surface area contributed by atoms with E-state index in [0.29, 0.717) is 12.2 Å². The zero-order chi connectivity index (χ0) is 16.1. The van der Waals surface area contributed by atoms with E-state index in [4.69, 9.17) is 4.74 Å². The lowest BCUT2D eigenvalue weighted by Gasteiger charge is -2.11. The fourth-order valence-corrected chi connectivity index (χ4v) is 2.17. The lowest BCUT2D eigenvalue weighted by molar-refractivity contribution is -0.384. The predicted molar refractivity (Wildman–Crippen MR) is 78.4 cm³/mol. The average molecular weight is 307 g/mol. The van der Waals surface area contributed by atoms with Crippen LogP contribution >= 0.6 is 0 Å². The quantitative estimate of drug-likeness (QED) is 0.492. The van der Waals surface area contributed by atoms with Gasteiger partial charge in [-0.25, -0.2) is 0 Å². The first-order valence-corrected chi connectivity index (χ1v) is 6.93. The van der Waals surface area contributed by atoms with Gasteiger partial charge in [0.15, 0.2) is 0 Å². The van der Waals surface area contributed by atoms with Crippen LogP contribution in [-0.4, -0.2) is 36.0 Å². The number of nitrogens with zero attached hydrogens (tertiary/aromatic N) is 1. The van der Waals surface area contributed by atoms with Gasteiger partial charge >= 0.3 is 11.8 Å². The molecule has 0 aromatic heterocycles. The van der Waals surface area contributed by atoms with Gasteiger partial charge in [0.05, 0.1) is 11.0 Å². The molecule has 0 spiro atoms. The van der Waals surface area contributed by atoms with Crippen LogP contribution in [0.25, 0.3) is 0 Å². The van der Waals surface area contributed by atoms with Gasteiger partial charge in [0.2, 0.25) is 0 Å². The molecule has 1 aliphatic rings. The lowest BCUT2D eigenvalue weighted by atomic mass is 10.2. The highest BCUT2D eigenvalue weighted by molar-refractivity contribution is 6.39. The zero-order valence-electron chi connectivity index (χ0n) is 12.1. The molecular formula is C14H17N3O5. The maximum Gasteiger partial charge on any atom is 0.313 e. The number of nitrogens with one attached hydrogen (secondary N) is 2. The molecule has 0 radical (unpaired) electrons. The Bertz CT molecular complexity index is 596. The molecule has 0 bridgehead atoms. The molecule has 1 atom stereocenters. The highest BCUT2D eigenvalue weighted by Crippen LogP contribution is 2.25. The summed E-state index contributed by atoms with van der Waals surface area (Å²) in [7, 11) is 0. The van der Waals surface area contributed by atoms with Crippen LogP contribution in [-0.2, 0) is 14.3 Å². The summed E-state index contributed by atoms with van der Waals surface area (Å²) in [6.07, 6.45) is 1.69.